The molecule has 0 spiro atoms. The van der Waals surface area contributed by atoms with Crippen LogP contribution in [-0.2, 0) is 17.0 Å². The first-order chi connectivity index (χ1) is 11.4. The largest absolute Gasteiger partial charge is 0.356 e. The molecule has 0 aromatic heterocycles. The van der Waals surface area contributed by atoms with Gasteiger partial charge in [0.05, 0.1) is 0 Å². The van der Waals surface area contributed by atoms with E-state index in [0.29, 0.717) is 30.3 Å². The van der Waals surface area contributed by atoms with E-state index in [1.165, 1.54) is 6.07 Å². The Balaban J connectivity index is 1.66. The highest BCUT2D eigenvalue weighted by molar-refractivity contribution is 5.80. The molecule has 3 rings (SSSR count). The molecule has 1 saturated heterocycles. The van der Waals surface area contributed by atoms with Crippen molar-refractivity contribution in [1.82, 2.24) is 10.2 Å². The fourth-order valence-electron chi connectivity index (χ4n) is 3.86. The summed E-state index contributed by atoms with van der Waals surface area (Å²) in [5, 5.41) is 2.72. The van der Waals surface area contributed by atoms with Crippen molar-refractivity contribution in [2.45, 2.75) is 57.8 Å². The lowest BCUT2D eigenvalue weighted by molar-refractivity contribution is -0.134. The summed E-state index contributed by atoms with van der Waals surface area (Å²) in [5.74, 6) is -0.751. The molecule has 0 radical (unpaired) electrons. The number of nitrogens with one attached hydrogen (secondary N) is 1. The van der Waals surface area contributed by atoms with Gasteiger partial charge in [0.2, 0.25) is 5.91 Å². The summed E-state index contributed by atoms with van der Waals surface area (Å²) in [7, 11) is 0. The lowest BCUT2D eigenvalue weighted by Crippen LogP contribution is -2.45. The molecule has 5 heteroatoms. The predicted molar refractivity (Wildman–Crippen MR) is 89.7 cm³/mol. The van der Waals surface area contributed by atoms with Gasteiger partial charge in [-0.1, -0.05) is 12.1 Å². The van der Waals surface area contributed by atoms with E-state index in [1.807, 2.05) is 6.92 Å². The topological polar surface area (TPSA) is 32.3 Å². The van der Waals surface area contributed by atoms with Gasteiger partial charge in [-0.15, -0.1) is 0 Å². The zero-order valence-corrected chi connectivity index (χ0v) is 14.4. The molecule has 1 aromatic rings. The van der Waals surface area contributed by atoms with Crippen molar-refractivity contribution < 1.29 is 13.6 Å². The van der Waals surface area contributed by atoms with Gasteiger partial charge in [0.1, 0.15) is 11.5 Å². The van der Waals surface area contributed by atoms with Crippen LogP contribution in [0.4, 0.5) is 8.78 Å². The van der Waals surface area contributed by atoms with Gasteiger partial charge in [-0.3, -0.25) is 9.69 Å². The van der Waals surface area contributed by atoms with Crippen LogP contribution in [0.5, 0.6) is 0 Å². The van der Waals surface area contributed by atoms with Crippen molar-refractivity contribution in [3.63, 3.8) is 0 Å². The van der Waals surface area contributed by atoms with Crippen molar-refractivity contribution in [2.75, 3.05) is 13.1 Å². The minimum atomic E-state index is -1.57. The van der Waals surface area contributed by atoms with Gasteiger partial charge in [0.15, 0.2) is 0 Å². The molecule has 1 aromatic carbocycles. The first-order valence-corrected chi connectivity index (χ1v) is 8.92. The van der Waals surface area contributed by atoms with Crippen LogP contribution < -0.4 is 5.32 Å². The summed E-state index contributed by atoms with van der Waals surface area (Å²) in [6.07, 6.45) is 2.58. The van der Waals surface area contributed by atoms with E-state index < -0.39 is 5.67 Å². The molecular formula is C19H26F2N2O. The molecule has 1 aliphatic carbocycles. The van der Waals surface area contributed by atoms with E-state index in [-0.39, 0.29) is 30.5 Å². The maximum atomic E-state index is 14.9. The zero-order chi connectivity index (χ0) is 17.3. The molecule has 1 N–H and O–H groups in total. The second kappa shape index (κ2) is 6.79. The molecule has 1 atom stereocenters. The second-order valence-corrected chi connectivity index (χ2v) is 7.23. The summed E-state index contributed by atoms with van der Waals surface area (Å²) >= 11 is 0. The molecule has 2 aliphatic rings. The van der Waals surface area contributed by atoms with Gasteiger partial charge in [-0.2, -0.15) is 0 Å². The van der Waals surface area contributed by atoms with Crippen molar-refractivity contribution in [2.24, 2.45) is 5.92 Å². The number of benzene rings is 1. The van der Waals surface area contributed by atoms with Gasteiger partial charge in [0.25, 0.3) is 0 Å². The molecule has 0 bridgehead atoms. The molecule has 1 heterocycles. The summed E-state index contributed by atoms with van der Waals surface area (Å²) in [6, 6.07) is 5.19. The molecule has 1 saturated carbocycles. The third-order valence-electron chi connectivity index (χ3n) is 5.50. The Morgan fingerprint density at radius 2 is 2.17 bits per heavy atom. The highest BCUT2D eigenvalue weighted by atomic mass is 19.1. The molecular weight excluding hydrogens is 310 g/mol. The zero-order valence-electron chi connectivity index (χ0n) is 14.4. The number of halogens is 2. The Hall–Kier alpha value is -1.49. The number of hydrogen-bond donors (Lipinski definition) is 1. The number of nitrogens with zero attached hydrogens (tertiary/aromatic N) is 1. The highest BCUT2D eigenvalue weighted by Gasteiger charge is 2.49. The summed E-state index contributed by atoms with van der Waals surface area (Å²) in [5.41, 5.74) is -0.592. The number of rotatable bonds is 5. The molecule has 132 valence electrons. The van der Waals surface area contributed by atoms with E-state index in [4.69, 9.17) is 0 Å². The maximum Gasteiger partial charge on any atom is 0.223 e. The Morgan fingerprint density at radius 1 is 1.42 bits per heavy atom. The quantitative estimate of drug-likeness (QED) is 0.892. The van der Waals surface area contributed by atoms with E-state index >= 15 is 0 Å². The first-order valence-electron chi connectivity index (χ1n) is 8.92. The smallest absolute Gasteiger partial charge is 0.223 e. The van der Waals surface area contributed by atoms with Crippen molar-refractivity contribution >= 4 is 5.91 Å². The molecule has 1 aliphatic heterocycles. The number of carbonyl (C=O) groups is 1. The first kappa shape index (κ1) is 17.3. The Labute approximate surface area is 142 Å². The van der Waals surface area contributed by atoms with Crippen molar-refractivity contribution in [3.8, 4) is 0 Å². The Bertz CT molecular complexity index is 613. The minimum absolute atomic E-state index is 0.106. The van der Waals surface area contributed by atoms with Gasteiger partial charge >= 0.3 is 0 Å². The number of likely N-dealkylation sites (tertiary alicyclic amines) is 1. The Kier molecular flexibility index (Phi) is 4.90. The van der Waals surface area contributed by atoms with Crippen LogP contribution in [-0.4, -0.2) is 29.9 Å². The van der Waals surface area contributed by atoms with Crippen LogP contribution in [0, 0.1) is 11.7 Å². The van der Waals surface area contributed by atoms with E-state index in [1.54, 1.807) is 12.1 Å². The van der Waals surface area contributed by atoms with Crippen molar-refractivity contribution in [1.29, 1.82) is 0 Å². The fourth-order valence-corrected chi connectivity index (χ4v) is 3.86. The monoisotopic (exact) mass is 336 g/mol. The normalized spacial score (nSPS) is 30.2. The van der Waals surface area contributed by atoms with Crippen LogP contribution in [0.2, 0.25) is 0 Å². The van der Waals surface area contributed by atoms with Gasteiger partial charge in [-0.25, -0.2) is 8.78 Å². The van der Waals surface area contributed by atoms with Crippen LogP contribution in [0.15, 0.2) is 18.2 Å². The average molecular weight is 336 g/mol. The number of carbonyl (C=O) groups excluding carboxylic acids is 1. The molecule has 2 fully saturated rings. The second-order valence-electron chi connectivity index (χ2n) is 7.23. The van der Waals surface area contributed by atoms with Crippen molar-refractivity contribution in [3.05, 3.63) is 35.1 Å². The average Bonchev–Trinajstić information content (AvgIpc) is 2.91. The highest BCUT2D eigenvalue weighted by Crippen LogP contribution is 2.49. The van der Waals surface area contributed by atoms with E-state index in [2.05, 4.69) is 17.1 Å². The SMILES string of the molecule is CCNC(=O)[C@H]1C[C@](F)(c2ccc(CN3CCC[C@@H]3C)c(F)c2)C1. The molecule has 0 unspecified atom stereocenters. The third-order valence-corrected chi connectivity index (χ3v) is 5.50. The molecule has 3 nitrogen and oxygen atoms in total. The van der Waals surface area contributed by atoms with Gasteiger partial charge in [0, 0.05) is 30.6 Å². The third kappa shape index (κ3) is 3.32. The summed E-state index contributed by atoms with van der Waals surface area (Å²) in [6.45, 7) is 6.12. The van der Waals surface area contributed by atoms with Gasteiger partial charge < -0.3 is 5.32 Å². The Morgan fingerprint density at radius 3 is 2.75 bits per heavy atom. The van der Waals surface area contributed by atoms with Gasteiger partial charge in [-0.05, 0) is 57.7 Å². The number of amides is 1. The van der Waals surface area contributed by atoms with E-state index in [0.717, 1.165) is 19.4 Å². The summed E-state index contributed by atoms with van der Waals surface area (Å²) < 4.78 is 29.3. The minimum Gasteiger partial charge on any atom is -0.356 e. The molecule has 24 heavy (non-hydrogen) atoms. The fraction of sp³-hybridized carbons (Fsp3) is 0.632. The maximum absolute atomic E-state index is 14.9. The van der Waals surface area contributed by atoms with Crippen LogP contribution >= 0.6 is 0 Å². The molecule has 1 amide bonds. The lowest BCUT2D eigenvalue weighted by atomic mass is 9.68. The van der Waals surface area contributed by atoms with Crippen LogP contribution in [0.1, 0.15) is 50.7 Å². The lowest BCUT2D eigenvalue weighted by Gasteiger charge is -2.40. The number of hydrogen-bond acceptors (Lipinski definition) is 2. The number of alkyl halides is 1. The summed E-state index contributed by atoms with van der Waals surface area (Å²) in [4.78, 5) is 14.0. The van der Waals surface area contributed by atoms with Crippen LogP contribution in [0.3, 0.4) is 0 Å². The van der Waals surface area contributed by atoms with Crippen LogP contribution in [0.25, 0.3) is 0 Å². The standard InChI is InChI=1S/C19H26F2N2O/c1-3-22-18(24)15-10-19(21,11-15)16-7-6-14(17(20)9-16)12-23-8-4-5-13(23)2/h6-7,9,13,15H,3-5,8,10-12H2,1-2H3,(H,22,24)/t13-,15-,19+/m0/s1. The predicted octanol–water partition coefficient (Wildman–Crippen LogP) is 3.52. The van der Waals surface area contributed by atoms with E-state index in [9.17, 15) is 13.6 Å².